The molecule has 5 aliphatic rings. The van der Waals surface area contributed by atoms with E-state index >= 15 is 0 Å². The molecule has 2 atom stereocenters. The summed E-state index contributed by atoms with van der Waals surface area (Å²) in [4.78, 5) is 9.35. The average molecular weight is 531 g/mol. The Balaban J connectivity index is 1.46. The zero-order valence-corrected chi connectivity index (χ0v) is 21.4. The van der Waals surface area contributed by atoms with Gasteiger partial charge in [0, 0.05) is 62.0 Å². The van der Waals surface area contributed by atoms with Gasteiger partial charge in [0.2, 0.25) is 0 Å². The van der Waals surface area contributed by atoms with E-state index in [0.29, 0.717) is 45.7 Å². The number of aliphatic hydroxyl groups is 1. The van der Waals surface area contributed by atoms with Crippen LogP contribution in [0.25, 0.3) is 0 Å². The maximum absolute atomic E-state index is 13.7. The van der Waals surface area contributed by atoms with Crippen molar-refractivity contribution in [2.45, 2.75) is 87.7 Å². The molecule has 204 valence electrons. The van der Waals surface area contributed by atoms with Crippen LogP contribution >= 0.6 is 0 Å². The van der Waals surface area contributed by atoms with Gasteiger partial charge in [-0.3, -0.25) is 4.98 Å². The quantitative estimate of drug-likeness (QED) is 0.540. The molecule has 3 fully saturated rings. The van der Waals surface area contributed by atoms with Gasteiger partial charge in [0.1, 0.15) is 11.8 Å². The highest BCUT2D eigenvalue weighted by Crippen LogP contribution is 2.60. The van der Waals surface area contributed by atoms with Gasteiger partial charge in [0.25, 0.3) is 0 Å². The Kier molecular flexibility index (Phi) is 5.89. The van der Waals surface area contributed by atoms with Crippen molar-refractivity contribution >= 4 is 0 Å². The monoisotopic (exact) mass is 530 g/mol. The van der Waals surface area contributed by atoms with E-state index in [2.05, 4.69) is 4.98 Å². The number of pyridine rings is 2. The minimum atomic E-state index is -4.56. The first kappa shape index (κ1) is 24.9. The summed E-state index contributed by atoms with van der Waals surface area (Å²) in [6.45, 7) is 2.23. The van der Waals surface area contributed by atoms with Crippen molar-refractivity contribution in [1.82, 2.24) is 9.97 Å². The van der Waals surface area contributed by atoms with Crippen LogP contribution in [0.3, 0.4) is 0 Å². The van der Waals surface area contributed by atoms with Crippen molar-refractivity contribution in [2.75, 3.05) is 26.4 Å². The smallest absolute Gasteiger partial charge is 0.388 e. The van der Waals surface area contributed by atoms with E-state index in [1.165, 1.54) is 12.5 Å². The van der Waals surface area contributed by atoms with Crippen LogP contribution in [0.2, 0.25) is 0 Å². The second kappa shape index (κ2) is 8.98. The first-order chi connectivity index (χ1) is 18.3. The highest BCUT2D eigenvalue weighted by atomic mass is 19.4. The minimum Gasteiger partial charge on any atom is -0.388 e. The van der Waals surface area contributed by atoms with Gasteiger partial charge < -0.3 is 19.3 Å². The normalized spacial score (nSPS) is 28.2. The third kappa shape index (κ3) is 3.92. The molecule has 2 aliphatic carbocycles. The highest BCUT2D eigenvalue weighted by Gasteiger charge is 2.54. The molecular formula is C29H33F3N2O4. The zero-order chi connectivity index (χ0) is 26.1. The van der Waals surface area contributed by atoms with Gasteiger partial charge in [-0.2, -0.15) is 13.2 Å². The molecule has 2 saturated heterocycles. The molecule has 9 heteroatoms. The molecule has 1 N–H and O–H groups in total. The molecule has 7 rings (SSSR count). The number of aliphatic hydroxyl groups excluding tert-OH is 1. The SMILES string of the molecule is O[C@H]1CC2(CCC2)Cc2nc(C3CCOCC3)c3c(c21)C1(CCOCC1)O[C@H]3c1cccc(C(F)(F)F)n1. The summed E-state index contributed by atoms with van der Waals surface area (Å²) in [5.74, 6) is 0.117. The van der Waals surface area contributed by atoms with E-state index in [9.17, 15) is 18.3 Å². The predicted molar refractivity (Wildman–Crippen MR) is 130 cm³/mol. The Morgan fingerprint density at radius 2 is 1.66 bits per heavy atom. The van der Waals surface area contributed by atoms with Crippen LogP contribution < -0.4 is 0 Å². The third-order valence-electron chi connectivity index (χ3n) is 9.60. The van der Waals surface area contributed by atoms with Gasteiger partial charge in [-0.15, -0.1) is 0 Å². The standard InChI is InChI=1S/C29H33F3N2O4/c30-29(31,32)21-4-1-3-18(33-21)26-23-24(28(38-26)9-13-37-14-10-28)22-19(15-27(7-2-8-27)16-20(22)35)34-25(23)17-5-11-36-12-6-17/h1,3-4,17,20,26,35H,2,5-16H2/t20-,26-/m0/s1. The molecule has 0 radical (unpaired) electrons. The maximum Gasteiger partial charge on any atom is 0.433 e. The first-order valence-corrected chi connectivity index (χ1v) is 13.9. The Morgan fingerprint density at radius 1 is 0.921 bits per heavy atom. The van der Waals surface area contributed by atoms with Crippen molar-refractivity contribution in [3.05, 3.63) is 57.7 Å². The maximum atomic E-state index is 13.7. The first-order valence-electron chi connectivity index (χ1n) is 13.9. The van der Waals surface area contributed by atoms with E-state index in [1.54, 1.807) is 6.07 Å². The summed E-state index contributed by atoms with van der Waals surface area (Å²) >= 11 is 0. The third-order valence-corrected chi connectivity index (χ3v) is 9.60. The molecule has 2 aromatic rings. The van der Waals surface area contributed by atoms with Gasteiger partial charge in [0.05, 0.1) is 23.1 Å². The number of rotatable bonds is 2. The van der Waals surface area contributed by atoms with Crippen molar-refractivity contribution in [1.29, 1.82) is 0 Å². The number of aromatic nitrogens is 2. The van der Waals surface area contributed by atoms with Crippen LogP contribution in [-0.4, -0.2) is 41.5 Å². The Hall–Kier alpha value is -2.07. The number of fused-ring (bicyclic) bond motifs is 4. The fraction of sp³-hybridized carbons (Fsp3) is 0.655. The van der Waals surface area contributed by atoms with E-state index in [1.807, 2.05) is 0 Å². The topological polar surface area (TPSA) is 73.7 Å². The summed E-state index contributed by atoms with van der Waals surface area (Å²) in [6.07, 6.45) is 1.65. The molecule has 3 aliphatic heterocycles. The Bertz CT molecular complexity index is 1230. The fourth-order valence-corrected chi connectivity index (χ4v) is 7.59. The lowest BCUT2D eigenvalue weighted by atomic mass is 9.58. The van der Waals surface area contributed by atoms with E-state index in [4.69, 9.17) is 19.2 Å². The fourth-order valence-electron chi connectivity index (χ4n) is 7.59. The molecule has 38 heavy (non-hydrogen) atoms. The molecule has 5 heterocycles. The Morgan fingerprint density at radius 3 is 2.34 bits per heavy atom. The van der Waals surface area contributed by atoms with Crippen molar-refractivity contribution in [3.8, 4) is 0 Å². The Labute approximate surface area is 219 Å². The second-order valence-electron chi connectivity index (χ2n) is 11.8. The van der Waals surface area contributed by atoms with Crippen molar-refractivity contribution in [3.63, 3.8) is 0 Å². The number of halogens is 3. The summed E-state index contributed by atoms with van der Waals surface area (Å²) < 4.78 is 59.3. The van der Waals surface area contributed by atoms with E-state index < -0.39 is 29.7 Å². The van der Waals surface area contributed by atoms with Crippen LogP contribution in [-0.2, 0) is 32.4 Å². The lowest BCUT2D eigenvalue weighted by molar-refractivity contribution is -0.142. The largest absolute Gasteiger partial charge is 0.433 e. The molecule has 6 nitrogen and oxygen atoms in total. The second-order valence-corrected chi connectivity index (χ2v) is 11.8. The van der Waals surface area contributed by atoms with Gasteiger partial charge in [-0.05, 0) is 61.6 Å². The minimum absolute atomic E-state index is 0.102. The lowest BCUT2D eigenvalue weighted by Gasteiger charge is -2.48. The summed E-state index contributed by atoms with van der Waals surface area (Å²) in [7, 11) is 0. The molecule has 0 amide bonds. The zero-order valence-electron chi connectivity index (χ0n) is 21.4. The molecule has 0 unspecified atom stereocenters. The number of hydrogen-bond donors (Lipinski definition) is 1. The number of ether oxygens (including phenoxy) is 3. The van der Waals surface area contributed by atoms with E-state index in [0.717, 1.165) is 66.2 Å². The van der Waals surface area contributed by atoms with Crippen LogP contribution in [0.4, 0.5) is 13.2 Å². The molecule has 2 spiro atoms. The van der Waals surface area contributed by atoms with Crippen molar-refractivity contribution < 1.29 is 32.5 Å². The lowest BCUT2D eigenvalue weighted by Crippen LogP contribution is -2.41. The summed E-state index contributed by atoms with van der Waals surface area (Å²) in [5.41, 5.74) is 3.15. The predicted octanol–water partition coefficient (Wildman–Crippen LogP) is 5.66. The molecular weight excluding hydrogens is 497 g/mol. The number of nitrogens with zero attached hydrogens (tertiary/aromatic N) is 2. The van der Waals surface area contributed by atoms with Crippen LogP contribution in [0.5, 0.6) is 0 Å². The van der Waals surface area contributed by atoms with Crippen LogP contribution in [0, 0.1) is 5.41 Å². The average Bonchev–Trinajstić information content (AvgIpc) is 3.21. The van der Waals surface area contributed by atoms with Crippen LogP contribution in [0.15, 0.2) is 18.2 Å². The van der Waals surface area contributed by atoms with Gasteiger partial charge >= 0.3 is 6.18 Å². The van der Waals surface area contributed by atoms with Crippen LogP contribution in [0.1, 0.15) is 109 Å². The number of hydrogen-bond acceptors (Lipinski definition) is 6. The van der Waals surface area contributed by atoms with Gasteiger partial charge in [0.15, 0.2) is 0 Å². The van der Waals surface area contributed by atoms with E-state index in [-0.39, 0.29) is 17.0 Å². The van der Waals surface area contributed by atoms with Gasteiger partial charge in [-0.25, -0.2) is 4.98 Å². The summed E-state index contributed by atoms with van der Waals surface area (Å²) in [5, 5.41) is 11.6. The molecule has 0 bridgehead atoms. The molecule has 1 saturated carbocycles. The number of alkyl halides is 3. The highest BCUT2D eigenvalue weighted by molar-refractivity contribution is 5.54. The van der Waals surface area contributed by atoms with Crippen molar-refractivity contribution in [2.24, 2.45) is 5.41 Å². The molecule has 0 aromatic carbocycles. The molecule has 2 aromatic heterocycles. The van der Waals surface area contributed by atoms with Gasteiger partial charge in [-0.1, -0.05) is 12.5 Å². The summed E-state index contributed by atoms with van der Waals surface area (Å²) in [6, 6.07) is 4.02.